The maximum atomic E-state index is 4.81. The van der Waals surface area contributed by atoms with Crippen molar-refractivity contribution in [3.63, 3.8) is 0 Å². The molecule has 0 bridgehead atoms. The van der Waals surface area contributed by atoms with Gasteiger partial charge in [0, 0.05) is 17.6 Å². The Kier molecular flexibility index (Phi) is 2.94. The molecule has 2 aromatic heterocycles. The van der Waals surface area contributed by atoms with Gasteiger partial charge in [-0.15, -0.1) is 11.3 Å². The zero-order valence-electron chi connectivity index (χ0n) is 13.7. The Bertz CT molecular complexity index is 974. The number of fused-ring (bicyclic) bond motifs is 5. The van der Waals surface area contributed by atoms with Crippen LogP contribution in [0.1, 0.15) is 27.9 Å². The fraction of sp³-hybridized carbons (Fsp3) is 0.263. The molecule has 4 nitrogen and oxygen atoms in total. The first-order chi connectivity index (χ1) is 11.7. The molecule has 0 spiro atoms. The summed E-state index contributed by atoms with van der Waals surface area (Å²) in [4.78, 5) is 14.3. The highest BCUT2D eigenvalue weighted by molar-refractivity contribution is 7.21. The maximum Gasteiger partial charge on any atom is 0.145 e. The lowest BCUT2D eigenvalue weighted by atomic mass is 10.1. The lowest BCUT2D eigenvalue weighted by Gasteiger charge is -2.36. The van der Waals surface area contributed by atoms with Crippen LogP contribution in [0.25, 0.3) is 10.2 Å². The quantitative estimate of drug-likeness (QED) is 0.728. The van der Waals surface area contributed by atoms with Crippen LogP contribution in [0.5, 0.6) is 0 Å². The van der Waals surface area contributed by atoms with E-state index in [4.69, 9.17) is 9.98 Å². The van der Waals surface area contributed by atoms with Crippen LogP contribution >= 0.6 is 11.3 Å². The number of aromatic nitrogens is 1. The Labute approximate surface area is 144 Å². The fourth-order valence-electron chi connectivity index (χ4n) is 3.76. The number of hydrogen-bond acceptors (Lipinski definition) is 5. The van der Waals surface area contributed by atoms with Gasteiger partial charge in [-0.3, -0.25) is 4.99 Å². The molecule has 0 saturated carbocycles. The van der Waals surface area contributed by atoms with Gasteiger partial charge >= 0.3 is 0 Å². The molecule has 1 N–H and O–H groups in total. The average Bonchev–Trinajstić information content (AvgIpc) is 3.18. The van der Waals surface area contributed by atoms with E-state index in [1.165, 1.54) is 27.1 Å². The molecule has 1 atom stereocenters. The molecule has 4 heterocycles. The van der Waals surface area contributed by atoms with Crippen molar-refractivity contribution in [3.05, 3.63) is 58.1 Å². The van der Waals surface area contributed by atoms with Crippen molar-refractivity contribution in [2.75, 3.05) is 18.4 Å². The second-order valence-corrected chi connectivity index (χ2v) is 7.42. The van der Waals surface area contributed by atoms with E-state index in [9.17, 15) is 0 Å². The van der Waals surface area contributed by atoms with Gasteiger partial charge in [-0.25, -0.2) is 4.98 Å². The molecule has 0 radical (unpaired) electrons. The Balaban J connectivity index is 1.74. The van der Waals surface area contributed by atoms with Gasteiger partial charge in [-0.2, -0.15) is 0 Å². The van der Waals surface area contributed by atoms with Crippen molar-refractivity contribution in [3.8, 4) is 0 Å². The summed E-state index contributed by atoms with van der Waals surface area (Å²) in [6.45, 7) is 6.05. The number of nitrogens with one attached hydrogen (secondary N) is 1. The maximum absolute atomic E-state index is 4.81. The van der Waals surface area contributed by atoms with Gasteiger partial charge in [0.1, 0.15) is 16.8 Å². The third-order valence-corrected chi connectivity index (χ3v) is 5.85. The van der Waals surface area contributed by atoms with Gasteiger partial charge in [0.25, 0.3) is 0 Å². The minimum absolute atomic E-state index is 0.137. The van der Waals surface area contributed by atoms with Crippen LogP contribution in [-0.2, 0) is 0 Å². The summed E-state index contributed by atoms with van der Waals surface area (Å²) < 4.78 is 0. The molecule has 1 unspecified atom stereocenters. The third kappa shape index (κ3) is 1.91. The fourth-order valence-corrected chi connectivity index (χ4v) is 5.05. The molecule has 0 fully saturated rings. The molecule has 0 aliphatic carbocycles. The van der Waals surface area contributed by atoms with E-state index in [-0.39, 0.29) is 6.17 Å². The van der Waals surface area contributed by atoms with E-state index in [1.54, 1.807) is 11.3 Å². The summed E-state index contributed by atoms with van der Waals surface area (Å²) in [6.07, 6.45) is 0.137. The molecule has 24 heavy (non-hydrogen) atoms. The highest BCUT2D eigenvalue weighted by Crippen LogP contribution is 2.44. The van der Waals surface area contributed by atoms with Crippen LogP contribution in [-0.4, -0.2) is 28.8 Å². The second-order valence-electron chi connectivity index (χ2n) is 6.42. The van der Waals surface area contributed by atoms with Gasteiger partial charge in [-0.05, 0) is 31.0 Å². The van der Waals surface area contributed by atoms with Crippen molar-refractivity contribution >= 4 is 33.1 Å². The summed E-state index contributed by atoms with van der Waals surface area (Å²) in [5.41, 5.74) is 4.82. The first-order valence-electron chi connectivity index (χ1n) is 8.26. The number of aryl methyl sites for hydroxylation is 2. The van der Waals surface area contributed by atoms with Crippen LogP contribution < -0.4 is 5.32 Å². The van der Waals surface area contributed by atoms with E-state index in [2.05, 4.69) is 60.5 Å². The normalized spacial score (nSPS) is 19.0. The van der Waals surface area contributed by atoms with Crippen molar-refractivity contribution in [2.45, 2.75) is 20.0 Å². The topological polar surface area (TPSA) is 40.5 Å². The lowest BCUT2D eigenvalue weighted by Crippen LogP contribution is -2.40. The van der Waals surface area contributed by atoms with E-state index >= 15 is 0 Å². The molecular formula is C19H18N4S. The monoisotopic (exact) mass is 334 g/mol. The number of benzene rings is 1. The number of hydrogen-bond donors (Lipinski definition) is 1. The molecule has 120 valence electrons. The number of aliphatic imine (C=N–C) groups is 1. The van der Waals surface area contributed by atoms with Crippen LogP contribution in [0.4, 0.5) is 5.69 Å². The van der Waals surface area contributed by atoms with Gasteiger partial charge in [0.2, 0.25) is 0 Å². The summed E-state index contributed by atoms with van der Waals surface area (Å²) in [5.74, 6) is 1.12. The van der Waals surface area contributed by atoms with Crippen molar-refractivity contribution < 1.29 is 0 Å². The van der Waals surface area contributed by atoms with E-state index in [0.29, 0.717) is 0 Å². The Morgan fingerprint density at radius 1 is 1.21 bits per heavy atom. The second kappa shape index (κ2) is 5.05. The lowest BCUT2D eigenvalue weighted by molar-refractivity contribution is 0.371. The van der Waals surface area contributed by atoms with Crippen molar-refractivity contribution in [1.82, 2.24) is 9.88 Å². The molecule has 2 aliphatic heterocycles. The molecule has 5 rings (SSSR count). The summed E-state index contributed by atoms with van der Waals surface area (Å²) in [5, 5.41) is 5.03. The van der Waals surface area contributed by atoms with Crippen LogP contribution in [0.3, 0.4) is 0 Å². The zero-order valence-corrected chi connectivity index (χ0v) is 14.5. The molecular weight excluding hydrogens is 316 g/mol. The number of rotatable bonds is 1. The summed E-state index contributed by atoms with van der Waals surface area (Å²) >= 11 is 1.76. The summed E-state index contributed by atoms with van der Waals surface area (Å²) in [7, 11) is 0. The number of nitrogens with zero attached hydrogens (tertiary/aromatic N) is 3. The number of amidine groups is 1. The Morgan fingerprint density at radius 2 is 2.04 bits per heavy atom. The first-order valence-corrected chi connectivity index (χ1v) is 9.08. The highest BCUT2D eigenvalue weighted by Gasteiger charge is 2.36. The molecule has 1 aromatic carbocycles. The van der Waals surface area contributed by atoms with Crippen LogP contribution in [0.15, 0.2) is 41.4 Å². The van der Waals surface area contributed by atoms with E-state index < -0.39 is 0 Å². The van der Waals surface area contributed by atoms with Crippen molar-refractivity contribution in [2.24, 2.45) is 4.99 Å². The minimum atomic E-state index is 0.137. The van der Waals surface area contributed by atoms with Crippen LogP contribution in [0.2, 0.25) is 0 Å². The first kappa shape index (κ1) is 14.0. The molecule has 3 aromatic rings. The average molecular weight is 334 g/mol. The van der Waals surface area contributed by atoms with E-state index in [0.717, 1.165) is 29.4 Å². The Hall–Kier alpha value is -2.40. The van der Waals surface area contributed by atoms with Crippen LogP contribution in [0, 0.1) is 13.8 Å². The van der Waals surface area contributed by atoms with Gasteiger partial charge in [-0.1, -0.05) is 30.3 Å². The number of pyridine rings is 1. The predicted molar refractivity (Wildman–Crippen MR) is 100 cm³/mol. The molecule has 5 heteroatoms. The van der Waals surface area contributed by atoms with Gasteiger partial charge in [0.05, 0.1) is 17.1 Å². The minimum Gasteiger partial charge on any atom is -0.360 e. The largest absolute Gasteiger partial charge is 0.360 e. The number of thiophene rings is 1. The van der Waals surface area contributed by atoms with E-state index in [1.807, 2.05) is 0 Å². The zero-order chi connectivity index (χ0) is 16.3. The summed E-state index contributed by atoms with van der Waals surface area (Å²) in [6, 6.07) is 12.8. The smallest absolute Gasteiger partial charge is 0.145 e. The molecule has 0 saturated heterocycles. The Morgan fingerprint density at radius 3 is 2.88 bits per heavy atom. The molecule has 0 amide bonds. The van der Waals surface area contributed by atoms with Crippen molar-refractivity contribution in [1.29, 1.82) is 0 Å². The highest BCUT2D eigenvalue weighted by atomic mass is 32.1. The SMILES string of the molecule is Cc1cc(C)c2c3c(sc2n1)C1=NCCN1C(c1ccccc1)N3. The van der Waals surface area contributed by atoms with Gasteiger partial charge in [0.15, 0.2) is 0 Å². The molecule has 2 aliphatic rings. The third-order valence-electron chi connectivity index (χ3n) is 4.77. The predicted octanol–water partition coefficient (Wildman–Crippen LogP) is 4.10. The van der Waals surface area contributed by atoms with Gasteiger partial charge < -0.3 is 10.2 Å². The standard InChI is InChI=1S/C19H18N4S/c1-11-10-12(2)21-19-14(11)15-16(24-19)18-20-8-9-23(18)17(22-15)13-6-4-3-5-7-13/h3-7,10,17,22H,8-9H2,1-2H3. The number of anilines is 1.